The van der Waals surface area contributed by atoms with E-state index in [0.717, 1.165) is 17.2 Å². The summed E-state index contributed by atoms with van der Waals surface area (Å²) in [6, 6.07) is 6.17. The van der Waals surface area contributed by atoms with Crippen LogP contribution in [0, 0.1) is 0 Å². The summed E-state index contributed by atoms with van der Waals surface area (Å²) >= 11 is 0. The number of nitrogens with one attached hydrogen (secondary N) is 1. The molecule has 2 heterocycles. The normalized spacial score (nSPS) is 12.0. The molecule has 15 heavy (non-hydrogen) atoms. The Morgan fingerprint density at radius 2 is 2.00 bits per heavy atom. The van der Waals surface area contributed by atoms with Crippen LogP contribution in [0.15, 0.2) is 24.4 Å². The Morgan fingerprint density at radius 1 is 1.27 bits per heavy atom. The molecule has 0 atom stereocenters. The van der Waals surface area contributed by atoms with Crippen LogP contribution in [0.4, 0.5) is 5.82 Å². The maximum Gasteiger partial charge on any atom is 0.120 e. The number of imidazole rings is 1. The molecule has 80 valence electrons. The molecule has 0 fully saturated rings. The second-order valence-electron chi connectivity index (χ2n) is 4.75. The quantitative estimate of drug-likeness (QED) is 0.772. The van der Waals surface area contributed by atoms with E-state index in [1.807, 2.05) is 19.3 Å². The Bertz CT molecular complexity index is 477. The summed E-state index contributed by atoms with van der Waals surface area (Å²) in [5.41, 5.74) is 1.19. The Kier molecular flexibility index (Phi) is 2.18. The van der Waals surface area contributed by atoms with Crippen LogP contribution in [0.2, 0.25) is 0 Å². The van der Waals surface area contributed by atoms with Crippen molar-refractivity contribution in [3.63, 3.8) is 0 Å². The lowest BCUT2D eigenvalue weighted by Gasteiger charge is -2.18. The molecule has 2 aromatic rings. The zero-order chi connectivity index (χ0) is 11.1. The van der Waals surface area contributed by atoms with Crippen LogP contribution in [0.1, 0.15) is 26.6 Å². The van der Waals surface area contributed by atoms with Crippen molar-refractivity contribution in [2.75, 3.05) is 12.4 Å². The van der Waals surface area contributed by atoms with E-state index in [4.69, 9.17) is 0 Å². The molecule has 0 aromatic carbocycles. The third-order valence-electron chi connectivity index (χ3n) is 2.48. The second-order valence-corrected chi connectivity index (χ2v) is 4.75. The van der Waals surface area contributed by atoms with Crippen molar-refractivity contribution in [3.05, 3.63) is 30.2 Å². The predicted octanol–water partition coefficient (Wildman–Crippen LogP) is 2.67. The SMILES string of the molecule is CNc1cccc2cnc(C(C)(C)C)n12. The standard InChI is InChI=1S/C12H17N3/c1-12(2,3)11-14-8-9-6-5-7-10(13-4)15(9)11/h5-8,13H,1-4H3. The van der Waals surface area contributed by atoms with Crippen molar-refractivity contribution in [1.29, 1.82) is 0 Å². The molecule has 0 saturated heterocycles. The van der Waals surface area contributed by atoms with Gasteiger partial charge in [0.2, 0.25) is 0 Å². The first kappa shape index (κ1) is 10.0. The molecule has 1 N–H and O–H groups in total. The Hall–Kier alpha value is -1.51. The molecular formula is C12H17N3. The van der Waals surface area contributed by atoms with Gasteiger partial charge in [-0.2, -0.15) is 0 Å². The minimum Gasteiger partial charge on any atom is -0.374 e. The lowest BCUT2D eigenvalue weighted by Crippen LogP contribution is -2.17. The summed E-state index contributed by atoms with van der Waals surface area (Å²) in [5.74, 6) is 2.16. The van der Waals surface area contributed by atoms with Crippen LogP contribution in [0.5, 0.6) is 0 Å². The first-order chi connectivity index (χ1) is 7.04. The number of rotatable bonds is 1. The summed E-state index contributed by atoms with van der Waals surface area (Å²) in [6.07, 6.45) is 1.92. The molecule has 0 aliphatic carbocycles. The zero-order valence-electron chi connectivity index (χ0n) is 9.70. The van der Waals surface area contributed by atoms with Gasteiger partial charge in [0, 0.05) is 12.5 Å². The number of hydrogen-bond acceptors (Lipinski definition) is 2. The average molecular weight is 203 g/mol. The number of fused-ring (bicyclic) bond motifs is 1. The van der Waals surface area contributed by atoms with Gasteiger partial charge in [0.25, 0.3) is 0 Å². The van der Waals surface area contributed by atoms with Gasteiger partial charge in [-0.15, -0.1) is 0 Å². The van der Waals surface area contributed by atoms with E-state index >= 15 is 0 Å². The Morgan fingerprint density at radius 3 is 2.60 bits per heavy atom. The van der Waals surface area contributed by atoms with Gasteiger partial charge in [0.15, 0.2) is 0 Å². The summed E-state index contributed by atoms with van der Waals surface area (Å²) in [6.45, 7) is 6.52. The van der Waals surface area contributed by atoms with Crippen LogP contribution in [0.25, 0.3) is 5.52 Å². The zero-order valence-corrected chi connectivity index (χ0v) is 9.70. The van der Waals surface area contributed by atoms with E-state index in [1.165, 1.54) is 0 Å². The number of aromatic nitrogens is 2. The topological polar surface area (TPSA) is 29.3 Å². The largest absolute Gasteiger partial charge is 0.374 e. The molecule has 2 rings (SSSR count). The fourth-order valence-corrected chi connectivity index (χ4v) is 1.77. The van der Waals surface area contributed by atoms with Crippen molar-refractivity contribution in [2.24, 2.45) is 0 Å². The van der Waals surface area contributed by atoms with E-state index in [0.29, 0.717) is 0 Å². The minimum atomic E-state index is 0.0549. The summed E-state index contributed by atoms with van der Waals surface area (Å²) in [4.78, 5) is 4.50. The van der Waals surface area contributed by atoms with E-state index in [1.54, 1.807) is 0 Å². The molecular weight excluding hydrogens is 186 g/mol. The molecule has 0 aliphatic rings. The molecule has 0 saturated carbocycles. The fraction of sp³-hybridized carbons (Fsp3) is 0.417. The number of nitrogens with zero attached hydrogens (tertiary/aromatic N) is 2. The average Bonchev–Trinajstić information content (AvgIpc) is 2.59. The number of hydrogen-bond donors (Lipinski definition) is 1. The summed E-state index contributed by atoms with van der Waals surface area (Å²) in [5, 5.41) is 3.19. The highest BCUT2D eigenvalue weighted by Gasteiger charge is 2.20. The minimum absolute atomic E-state index is 0.0549. The van der Waals surface area contributed by atoms with Gasteiger partial charge in [-0.1, -0.05) is 26.8 Å². The van der Waals surface area contributed by atoms with Crippen LogP contribution < -0.4 is 5.32 Å². The smallest absolute Gasteiger partial charge is 0.120 e. The molecule has 0 radical (unpaired) electrons. The third-order valence-corrected chi connectivity index (χ3v) is 2.48. The van der Waals surface area contributed by atoms with E-state index < -0.39 is 0 Å². The lowest BCUT2D eigenvalue weighted by molar-refractivity contribution is 0.544. The summed E-state index contributed by atoms with van der Waals surface area (Å²) < 4.78 is 2.17. The molecule has 2 aromatic heterocycles. The molecule has 3 nitrogen and oxygen atoms in total. The molecule has 0 unspecified atom stereocenters. The molecule has 0 aliphatic heterocycles. The third kappa shape index (κ3) is 1.58. The van der Waals surface area contributed by atoms with Crippen molar-refractivity contribution in [1.82, 2.24) is 9.38 Å². The molecule has 0 bridgehead atoms. The van der Waals surface area contributed by atoms with Crippen molar-refractivity contribution >= 4 is 11.3 Å². The van der Waals surface area contributed by atoms with Crippen LogP contribution in [-0.4, -0.2) is 16.4 Å². The van der Waals surface area contributed by atoms with E-state index in [9.17, 15) is 0 Å². The number of anilines is 1. The van der Waals surface area contributed by atoms with Gasteiger partial charge in [-0.05, 0) is 12.1 Å². The Balaban J connectivity index is 2.77. The maximum absolute atomic E-state index is 4.50. The Labute approximate surface area is 90.1 Å². The van der Waals surface area contributed by atoms with Crippen LogP contribution in [-0.2, 0) is 5.41 Å². The van der Waals surface area contributed by atoms with Crippen LogP contribution >= 0.6 is 0 Å². The van der Waals surface area contributed by atoms with Crippen molar-refractivity contribution in [2.45, 2.75) is 26.2 Å². The van der Waals surface area contributed by atoms with E-state index in [2.05, 4.69) is 47.6 Å². The van der Waals surface area contributed by atoms with Gasteiger partial charge in [0.1, 0.15) is 11.6 Å². The first-order valence-corrected chi connectivity index (χ1v) is 5.19. The van der Waals surface area contributed by atoms with Crippen molar-refractivity contribution < 1.29 is 0 Å². The van der Waals surface area contributed by atoms with Crippen LogP contribution in [0.3, 0.4) is 0 Å². The summed E-state index contributed by atoms with van der Waals surface area (Å²) in [7, 11) is 1.93. The number of pyridine rings is 1. The fourth-order valence-electron chi connectivity index (χ4n) is 1.77. The van der Waals surface area contributed by atoms with Gasteiger partial charge < -0.3 is 5.32 Å². The van der Waals surface area contributed by atoms with Gasteiger partial charge in [0.05, 0.1) is 11.7 Å². The lowest BCUT2D eigenvalue weighted by atomic mass is 9.96. The first-order valence-electron chi connectivity index (χ1n) is 5.19. The second kappa shape index (κ2) is 3.26. The van der Waals surface area contributed by atoms with Crippen molar-refractivity contribution in [3.8, 4) is 0 Å². The predicted molar refractivity (Wildman–Crippen MR) is 63.4 cm³/mol. The highest BCUT2D eigenvalue weighted by molar-refractivity contribution is 5.55. The molecule has 0 amide bonds. The van der Waals surface area contributed by atoms with Gasteiger partial charge in [-0.25, -0.2) is 4.98 Å². The van der Waals surface area contributed by atoms with Gasteiger partial charge >= 0.3 is 0 Å². The highest BCUT2D eigenvalue weighted by atomic mass is 15.1. The molecule has 3 heteroatoms. The van der Waals surface area contributed by atoms with Gasteiger partial charge in [-0.3, -0.25) is 4.40 Å². The van der Waals surface area contributed by atoms with E-state index in [-0.39, 0.29) is 5.41 Å². The highest BCUT2D eigenvalue weighted by Crippen LogP contribution is 2.24. The maximum atomic E-state index is 4.50. The monoisotopic (exact) mass is 203 g/mol. The molecule has 0 spiro atoms.